The van der Waals surface area contributed by atoms with E-state index in [1.807, 2.05) is 29.7 Å². The first-order valence-corrected chi connectivity index (χ1v) is 8.33. The van der Waals surface area contributed by atoms with E-state index in [9.17, 15) is 4.79 Å². The van der Waals surface area contributed by atoms with Crippen molar-refractivity contribution in [3.05, 3.63) is 72.3 Å². The van der Waals surface area contributed by atoms with E-state index in [1.165, 1.54) is 0 Å². The van der Waals surface area contributed by atoms with Crippen LogP contribution in [0.2, 0.25) is 0 Å². The molecular formula is C19H16N6O2. The van der Waals surface area contributed by atoms with Crippen molar-refractivity contribution in [3.8, 4) is 11.4 Å². The van der Waals surface area contributed by atoms with Gasteiger partial charge in [-0.15, -0.1) is 0 Å². The van der Waals surface area contributed by atoms with Crippen LogP contribution in [0.5, 0.6) is 0 Å². The minimum Gasteiger partial charge on any atom is -0.478 e. The topological polar surface area (TPSA) is 105 Å². The van der Waals surface area contributed by atoms with Crippen molar-refractivity contribution >= 4 is 17.7 Å². The molecule has 1 aromatic carbocycles. The number of nitrogens with zero attached hydrogens (tertiary/aromatic N) is 5. The number of anilines is 1. The van der Waals surface area contributed by atoms with E-state index < -0.39 is 5.97 Å². The van der Waals surface area contributed by atoms with Crippen molar-refractivity contribution in [2.24, 2.45) is 0 Å². The molecule has 2 N–H and O–H groups in total. The zero-order valence-electron chi connectivity index (χ0n) is 14.4. The van der Waals surface area contributed by atoms with Gasteiger partial charge in [-0.2, -0.15) is 0 Å². The average Bonchev–Trinajstić information content (AvgIpc) is 3.12. The predicted molar refractivity (Wildman–Crippen MR) is 99.5 cm³/mol. The number of hydrogen-bond acceptors (Lipinski definition) is 6. The maximum atomic E-state index is 11.0. The molecule has 0 spiro atoms. The monoisotopic (exact) mass is 360 g/mol. The molecule has 0 aliphatic heterocycles. The highest BCUT2D eigenvalue weighted by Gasteiger charge is 2.12. The second-order valence-corrected chi connectivity index (χ2v) is 5.99. The largest absolute Gasteiger partial charge is 0.478 e. The van der Waals surface area contributed by atoms with Crippen LogP contribution in [0.3, 0.4) is 0 Å². The highest BCUT2D eigenvalue weighted by molar-refractivity contribution is 5.87. The number of fused-ring (bicyclic) bond motifs is 1. The normalized spacial score (nSPS) is 12.0. The first-order valence-electron chi connectivity index (χ1n) is 8.33. The molecule has 0 saturated heterocycles. The van der Waals surface area contributed by atoms with Crippen LogP contribution in [0.25, 0.3) is 17.2 Å². The van der Waals surface area contributed by atoms with Gasteiger partial charge < -0.3 is 10.4 Å². The Morgan fingerprint density at radius 2 is 1.93 bits per heavy atom. The summed E-state index contributed by atoms with van der Waals surface area (Å²) in [4.78, 5) is 28.3. The molecule has 0 radical (unpaired) electrons. The molecule has 0 bridgehead atoms. The standard InChI is InChI=1S/C19H16N6O2/c1-12(13-3-5-14(6-4-13)17(26)27)23-18-20-9-7-15(24-18)16-11-22-19-21-8-2-10-25(16)19/h2-12H,1H3,(H,26,27)(H,20,23,24). The Balaban J connectivity index is 1.58. The van der Waals surface area contributed by atoms with E-state index >= 15 is 0 Å². The quantitative estimate of drug-likeness (QED) is 0.563. The lowest BCUT2D eigenvalue weighted by Crippen LogP contribution is -2.10. The second kappa shape index (κ2) is 6.83. The van der Waals surface area contributed by atoms with Crippen LogP contribution in [0, 0.1) is 0 Å². The van der Waals surface area contributed by atoms with Crippen LogP contribution in [-0.2, 0) is 0 Å². The summed E-state index contributed by atoms with van der Waals surface area (Å²) < 4.78 is 1.86. The Bertz CT molecular complexity index is 1110. The van der Waals surface area contributed by atoms with Gasteiger partial charge in [-0.05, 0) is 36.8 Å². The zero-order valence-corrected chi connectivity index (χ0v) is 14.4. The van der Waals surface area contributed by atoms with Gasteiger partial charge in [0.2, 0.25) is 11.7 Å². The fraction of sp³-hybridized carbons (Fsp3) is 0.105. The fourth-order valence-electron chi connectivity index (χ4n) is 2.78. The number of nitrogens with one attached hydrogen (secondary N) is 1. The number of carboxylic acid groups (broad SMARTS) is 1. The van der Waals surface area contributed by atoms with Gasteiger partial charge in [0.15, 0.2) is 0 Å². The third kappa shape index (κ3) is 3.32. The summed E-state index contributed by atoms with van der Waals surface area (Å²) in [6, 6.07) is 10.3. The number of benzene rings is 1. The van der Waals surface area contributed by atoms with Crippen LogP contribution in [-0.4, -0.2) is 35.4 Å². The Hall–Kier alpha value is -3.81. The molecule has 3 heterocycles. The SMILES string of the molecule is CC(Nc1nccc(-c2cnc3ncccn23)n1)c1ccc(C(=O)O)cc1. The Morgan fingerprint density at radius 3 is 2.70 bits per heavy atom. The highest BCUT2D eigenvalue weighted by Crippen LogP contribution is 2.21. The van der Waals surface area contributed by atoms with Crippen LogP contribution >= 0.6 is 0 Å². The second-order valence-electron chi connectivity index (χ2n) is 5.99. The van der Waals surface area contributed by atoms with Crippen molar-refractivity contribution < 1.29 is 9.90 Å². The number of carbonyl (C=O) groups is 1. The first kappa shape index (κ1) is 16.6. The molecule has 8 heteroatoms. The lowest BCUT2D eigenvalue weighted by molar-refractivity contribution is 0.0697. The molecule has 27 heavy (non-hydrogen) atoms. The van der Waals surface area contributed by atoms with Crippen molar-refractivity contribution in [2.75, 3.05) is 5.32 Å². The average molecular weight is 360 g/mol. The molecular weight excluding hydrogens is 344 g/mol. The van der Waals surface area contributed by atoms with Gasteiger partial charge in [-0.3, -0.25) is 4.40 Å². The van der Waals surface area contributed by atoms with Crippen LogP contribution < -0.4 is 5.32 Å². The molecule has 1 unspecified atom stereocenters. The van der Waals surface area contributed by atoms with E-state index in [1.54, 1.807) is 42.9 Å². The first-order chi connectivity index (χ1) is 13.1. The smallest absolute Gasteiger partial charge is 0.335 e. The van der Waals surface area contributed by atoms with Gasteiger partial charge in [-0.25, -0.2) is 24.7 Å². The summed E-state index contributed by atoms with van der Waals surface area (Å²) in [6.07, 6.45) is 6.98. The van der Waals surface area contributed by atoms with Crippen LogP contribution in [0.15, 0.2) is 61.2 Å². The fourth-order valence-corrected chi connectivity index (χ4v) is 2.78. The summed E-state index contributed by atoms with van der Waals surface area (Å²) >= 11 is 0. The van der Waals surface area contributed by atoms with Crippen LogP contribution in [0.4, 0.5) is 5.95 Å². The van der Waals surface area contributed by atoms with E-state index in [4.69, 9.17) is 5.11 Å². The van der Waals surface area contributed by atoms with E-state index in [0.29, 0.717) is 11.7 Å². The third-order valence-corrected chi connectivity index (χ3v) is 4.21. The summed E-state index contributed by atoms with van der Waals surface area (Å²) in [6.45, 7) is 1.96. The zero-order chi connectivity index (χ0) is 18.8. The lowest BCUT2D eigenvalue weighted by atomic mass is 10.1. The lowest BCUT2D eigenvalue weighted by Gasteiger charge is -2.14. The van der Waals surface area contributed by atoms with E-state index in [0.717, 1.165) is 17.0 Å². The number of imidazole rings is 1. The Labute approximate surface area is 154 Å². The Kier molecular flexibility index (Phi) is 4.21. The summed E-state index contributed by atoms with van der Waals surface area (Å²) in [5.74, 6) is 0.134. The molecule has 0 fully saturated rings. The Morgan fingerprint density at radius 1 is 1.11 bits per heavy atom. The number of rotatable bonds is 5. The van der Waals surface area contributed by atoms with Gasteiger partial charge >= 0.3 is 5.97 Å². The van der Waals surface area contributed by atoms with Crippen molar-refractivity contribution in [1.29, 1.82) is 0 Å². The van der Waals surface area contributed by atoms with Gasteiger partial charge in [-0.1, -0.05) is 12.1 Å². The molecule has 4 aromatic rings. The van der Waals surface area contributed by atoms with E-state index in [-0.39, 0.29) is 11.6 Å². The molecule has 0 aliphatic carbocycles. The molecule has 0 amide bonds. The van der Waals surface area contributed by atoms with Crippen molar-refractivity contribution in [2.45, 2.75) is 13.0 Å². The molecule has 8 nitrogen and oxygen atoms in total. The third-order valence-electron chi connectivity index (χ3n) is 4.21. The van der Waals surface area contributed by atoms with Crippen LogP contribution in [0.1, 0.15) is 28.9 Å². The highest BCUT2D eigenvalue weighted by atomic mass is 16.4. The van der Waals surface area contributed by atoms with Crippen molar-refractivity contribution in [3.63, 3.8) is 0 Å². The van der Waals surface area contributed by atoms with E-state index in [2.05, 4.69) is 25.3 Å². The number of hydrogen-bond donors (Lipinski definition) is 2. The van der Waals surface area contributed by atoms with Crippen molar-refractivity contribution in [1.82, 2.24) is 24.3 Å². The molecule has 1 atom stereocenters. The molecule has 0 saturated carbocycles. The van der Waals surface area contributed by atoms with Gasteiger partial charge in [0.05, 0.1) is 29.2 Å². The molecule has 134 valence electrons. The summed E-state index contributed by atoms with van der Waals surface area (Å²) in [7, 11) is 0. The maximum absolute atomic E-state index is 11.0. The molecule has 4 rings (SSSR count). The minimum absolute atomic E-state index is 0.0908. The maximum Gasteiger partial charge on any atom is 0.335 e. The number of aromatic nitrogens is 5. The van der Waals surface area contributed by atoms with Gasteiger partial charge in [0.1, 0.15) is 0 Å². The minimum atomic E-state index is -0.944. The molecule has 0 aliphatic rings. The number of aromatic carboxylic acids is 1. The summed E-state index contributed by atoms with van der Waals surface area (Å²) in [5, 5.41) is 12.2. The van der Waals surface area contributed by atoms with Gasteiger partial charge in [0, 0.05) is 18.6 Å². The van der Waals surface area contributed by atoms with Gasteiger partial charge in [0.25, 0.3) is 0 Å². The molecule has 3 aromatic heterocycles. The summed E-state index contributed by atoms with van der Waals surface area (Å²) in [5.41, 5.74) is 2.74. The predicted octanol–water partition coefficient (Wildman–Crippen LogP) is 3.06. The number of carboxylic acids is 1.